The smallest absolute Gasteiger partial charge is 0.251 e. The van der Waals surface area contributed by atoms with Crippen molar-refractivity contribution in [3.63, 3.8) is 0 Å². The predicted molar refractivity (Wildman–Crippen MR) is 123 cm³/mol. The van der Waals surface area contributed by atoms with Gasteiger partial charge in [-0.05, 0) is 57.0 Å². The van der Waals surface area contributed by atoms with E-state index in [1.807, 2.05) is 25.1 Å². The molecule has 3 rings (SSSR count). The number of allylic oxidation sites excluding steroid dienone is 1. The van der Waals surface area contributed by atoms with Crippen molar-refractivity contribution < 1.29 is 18.7 Å². The fraction of sp³-hybridized carbons (Fsp3) is 0.160. The average Bonchev–Trinajstić information content (AvgIpc) is 2.82. The van der Waals surface area contributed by atoms with Crippen molar-refractivity contribution in [3.05, 3.63) is 89.0 Å². The number of aliphatic imine (C=N–C) groups is 1. The summed E-state index contributed by atoms with van der Waals surface area (Å²) in [5.41, 5.74) is 2.80. The predicted octanol–water partition coefficient (Wildman–Crippen LogP) is 5.24. The molecule has 3 aromatic rings. The van der Waals surface area contributed by atoms with E-state index in [4.69, 9.17) is 9.47 Å². The second-order valence-corrected chi connectivity index (χ2v) is 6.87. The van der Waals surface area contributed by atoms with Crippen molar-refractivity contribution >= 4 is 24.1 Å². The Labute approximate surface area is 186 Å². The third-order valence-corrected chi connectivity index (χ3v) is 4.95. The Kier molecular flexibility index (Phi) is 7.33. The van der Waals surface area contributed by atoms with Gasteiger partial charge in [0, 0.05) is 41.1 Å². The molecule has 1 amide bonds. The molecular formula is C25H24FN3O3. The van der Waals surface area contributed by atoms with Gasteiger partial charge < -0.3 is 14.8 Å². The molecule has 0 aliphatic rings. The maximum atomic E-state index is 13.8. The van der Waals surface area contributed by atoms with Crippen LogP contribution in [0.1, 0.15) is 34.0 Å². The van der Waals surface area contributed by atoms with Gasteiger partial charge in [-0.15, -0.1) is 0 Å². The number of hydrogen-bond acceptors (Lipinski definition) is 5. The summed E-state index contributed by atoms with van der Waals surface area (Å²) in [6.07, 6.45) is 4.41. The number of methoxy groups -OCH3 is 1. The van der Waals surface area contributed by atoms with Crippen LogP contribution in [0.15, 0.2) is 65.9 Å². The Morgan fingerprint density at radius 2 is 2.06 bits per heavy atom. The molecule has 1 N–H and O–H groups in total. The maximum Gasteiger partial charge on any atom is 0.251 e. The van der Waals surface area contributed by atoms with Crippen LogP contribution in [0.25, 0.3) is 5.76 Å². The maximum absolute atomic E-state index is 13.8. The van der Waals surface area contributed by atoms with Crippen molar-refractivity contribution in [2.24, 2.45) is 4.99 Å². The fourth-order valence-electron chi connectivity index (χ4n) is 3.15. The zero-order valence-corrected chi connectivity index (χ0v) is 18.2. The van der Waals surface area contributed by atoms with E-state index in [1.54, 1.807) is 38.3 Å². The molecule has 0 aliphatic carbocycles. The first-order chi connectivity index (χ1) is 15.5. The molecule has 0 unspecified atom stereocenters. The Balaban J connectivity index is 1.82. The van der Waals surface area contributed by atoms with Gasteiger partial charge in [-0.1, -0.05) is 6.07 Å². The normalized spacial score (nSPS) is 11.1. The fourth-order valence-corrected chi connectivity index (χ4v) is 3.15. The van der Waals surface area contributed by atoms with Gasteiger partial charge in [0.2, 0.25) is 0 Å². The van der Waals surface area contributed by atoms with Crippen LogP contribution in [0.5, 0.6) is 11.5 Å². The molecule has 6 nitrogen and oxygen atoms in total. The number of pyridine rings is 1. The Hall–Kier alpha value is -4.00. The first kappa shape index (κ1) is 22.7. The SMILES string of the molecule is C=Nc1cc(OC)ccc1/C(=C\C)Oc1cccc(C(=O)NCc2ccncc2F)c1C. The van der Waals surface area contributed by atoms with E-state index in [9.17, 15) is 9.18 Å². The van der Waals surface area contributed by atoms with Crippen LogP contribution in [0.2, 0.25) is 0 Å². The number of carbonyl (C=O) groups excluding carboxylic acids is 1. The summed E-state index contributed by atoms with van der Waals surface area (Å²) in [6, 6.07) is 12.2. The summed E-state index contributed by atoms with van der Waals surface area (Å²) >= 11 is 0. The van der Waals surface area contributed by atoms with Crippen molar-refractivity contribution in [2.75, 3.05) is 7.11 Å². The molecule has 0 bridgehead atoms. The number of amides is 1. The molecule has 0 spiro atoms. The van der Waals surface area contributed by atoms with Gasteiger partial charge in [0.15, 0.2) is 0 Å². The monoisotopic (exact) mass is 433 g/mol. The number of rotatable bonds is 8. The van der Waals surface area contributed by atoms with E-state index < -0.39 is 5.82 Å². The number of hydrogen-bond donors (Lipinski definition) is 1. The van der Waals surface area contributed by atoms with Gasteiger partial charge in [-0.25, -0.2) is 4.39 Å². The number of benzene rings is 2. The van der Waals surface area contributed by atoms with Crippen LogP contribution in [-0.2, 0) is 6.54 Å². The van der Waals surface area contributed by atoms with Gasteiger partial charge in [0.25, 0.3) is 5.91 Å². The van der Waals surface area contributed by atoms with Crippen molar-refractivity contribution in [2.45, 2.75) is 20.4 Å². The van der Waals surface area contributed by atoms with E-state index >= 15 is 0 Å². The van der Waals surface area contributed by atoms with Crippen molar-refractivity contribution in [1.29, 1.82) is 0 Å². The quantitative estimate of drug-likeness (QED) is 0.390. The summed E-state index contributed by atoms with van der Waals surface area (Å²) in [5.74, 6) is 0.947. The summed E-state index contributed by atoms with van der Waals surface area (Å²) in [6.45, 7) is 7.32. The second-order valence-electron chi connectivity index (χ2n) is 6.87. The number of halogens is 1. The molecule has 32 heavy (non-hydrogen) atoms. The van der Waals surface area contributed by atoms with Crippen LogP contribution >= 0.6 is 0 Å². The van der Waals surface area contributed by atoms with E-state index in [0.717, 1.165) is 11.8 Å². The first-order valence-corrected chi connectivity index (χ1v) is 9.94. The first-order valence-electron chi connectivity index (χ1n) is 9.94. The lowest BCUT2D eigenvalue weighted by molar-refractivity contribution is 0.0949. The molecule has 0 fully saturated rings. The lowest BCUT2D eigenvalue weighted by Gasteiger charge is -2.16. The van der Waals surface area contributed by atoms with E-state index in [2.05, 4.69) is 22.0 Å². The van der Waals surface area contributed by atoms with E-state index in [-0.39, 0.29) is 12.5 Å². The molecule has 0 atom stereocenters. The number of nitrogens with one attached hydrogen (secondary N) is 1. The molecule has 0 saturated carbocycles. The van der Waals surface area contributed by atoms with Crippen LogP contribution in [-0.4, -0.2) is 24.7 Å². The lowest BCUT2D eigenvalue weighted by atomic mass is 10.1. The van der Waals surface area contributed by atoms with E-state index in [0.29, 0.717) is 39.6 Å². The summed E-state index contributed by atoms with van der Waals surface area (Å²) in [5, 5.41) is 2.74. The van der Waals surface area contributed by atoms with Crippen LogP contribution < -0.4 is 14.8 Å². The minimum atomic E-state index is -0.467. The van der Waals surface area contributed by atoms with Crippen molar-refractivity contribution in [1.82, 2.24) is 10.3 Å². The highest BCUT2D eigenvalue weighted by atomic mass is 19.1. The molecule has 1 heterocycles. The number of ether oxygens (including phenoxy) is 2. The molecule has 7 heteroatoms. The van der Waals surface area contributed by atoms with Gasteiger partial charge in [0.05, 0.1) is 19.0 Å². The average molecular weight is 433 g/mol. The highest BCUT2D eigenvalue weighted by Crippen LogP contribution is 2.33. The number of nitrogens with zero attached hydrogens (tertiary/aromatic N) is 2. The van der Waals surface area contributed by atoms with Crippen LogP contribution in [0, 0.1) is 12.7 Å². The van der Waals surface area contributed by atoms with E-state index in [1.165, 1.54) is 12.3 Å². The van der Waals surface area contributed by atoms with Gasteiger partial charge >= 0.3 is 0 Å². The molecule has 2 aromatic carbocycles. The molecule has 1 aromatic heterocycles. The third-order valence-electron chi connectivity index (χ3n) is 4.95. The molecule has 164 valence electrons. The zero-order valence-electron chi connectivity index (χ0n) is 18.2. The third kappa shape index (κ3) is 5.00. The van der Waals surface area contributed by atoms with Crippen LogP contribution in [0.3, 0.4) is 0 Å². The largest absolute Gasteiger partial charge is 0.497 e. The minimum absolute atomic E-state index is 0.0536. The van der Waals surface area contributed by atoms with Gasteiger partial charge in [-0.2, -0.15) is 0 Å². The number of carbonyl (C=O) groups is 1. The lowest BCUT2D eigenvalue weighted by Crippen LogP contribution is -2.24. The standard InChI is InChI=1S/C25H24FN3O3/c1-5-23(20-10-9-18(31-4)13-22(20)27-3)32-24-8-6-7-19(16(24)2)25(30)29-14-17-11-12-28-15-21(17)26/h5-13,15H,3,14H2,1-2,4H3,(H,29,30)/b23-5+. The highest BCUT2D eigenvalue weighted by Gasteiger charge is 2.16. The molecular weight excluding hydrogens is 409 g/mol. The summed E-state index contributed by atoms with van der Waals surface area (Å²) < 4.78 is 25.2. The Morgan fingerprint density at radius 3 is 2.75 bits per heavy atom. The Bertz CT molecular complexity index is 1170. The topological polar surface area (TPSA) is 72.8 Å². The summed E-state index contributed by atoms with van der Waals surface area (Å²) in [4.78, 5) is 20.5. The minimum Gasteiger partial charge on any atom is -0.497 e. The molecule has 0 saturated heterocycles. The number of aromatic nitrogens is 1. The second kappa shape index (κ2) is 10.3. The summed E-state index contributed by atoms with van der Waals surface area (Å²) in [7, 11) is 1.58. The van der Waals surface area contributed by atoms with Crippen LogP contribution in [0.4, 0.5) is 10.1 Å². The van der Waals surface area contributed by atoms with Crippen molar-refractivity contribution in [3.8, 4) is 11.5 Å². The van der Waals surface area contributed by atoms with Gasteiger partial charge in [0.1, 0.15) is 23.1 Å². The highest BCUT2D eigenvalue weighted by molar-refractivity contribution is 5.96. The molecule has 0 aliphatic heterocycles. The van der Waals surface area contributed by atoms with Gasteiger partial charge in [-0.3, -0.25) is 14.8 Å². The molecule has 0 radical (unpaired) electrons. The zero-order chi connectivity index (χ0) is 23.1. The Morgan fingerprint density at radius 1 is 1.25 bits per heavy atom.